The summed E-state index contributed by atoms with van der Waals surface area (Å²) in [5.74, 6) is 0.517. The highest BCUT2D eigenvalue weighted by Gasteiger charge is 2.23. The van der Waals surface area contributed by atoms with Gasteiger partial charge in [-0.2, -0.15) is 5.10 Å². The lowest BCUT2D eigenvalue weighted by molar-refractivity contribution is -0.122. The van der Waals surface area contributed by atoms with Crippen LogP contribution in [-0.4, -0.2) is 47.7 Å². The molecule has 3 rings (SSSR count). The summed E-state index contributed by atoms with van der Waals surface area (Å²) in [6, 6.07) is 10.2. The Morgan fingerprint density at radius 2 is 2.12 bits per heavy atom. The molecule has 1 amide bonds. The molecule has 1 saturated heterocycles. The van der Waals surface area contributed by atoms with Crippen molar-refractivity contribution in [3.8, 4) is 0 Å². The smallest absolute Gasteiger partial charge is 0.234 e. The monoisotopic (exact) mass is 342 g/mol. The lowest BCUT2D eigenvalue weighted by Crippen LogP contribution is -2.41. The largest absolute Gasteiger partial charge is 0.380 e. The van der Waals surface area contributed by atoms with Crippen LogP contribution >= 0.6 is 0 Å². The first kappa shape index (κ1) is 17.6. The Kier molecular flexibility index (Phi) is 6.19. The topological polar surface area (TPSA) is 70.2 Å². The molecular weight excluding hydrogens is 316 g/mol. The number of benzene rings is 1. The molecule has 0 aliphatic carbocycles. The Bertz CT molecular complexity index is 655. The number of ether oxygens (including phenoxy) is 1. The summed E-state index contributed by atoms with van der Waals surface area (Å²) in [5, 5.41) is 10.1. The van der Waals surface area contributed by atoms with Crippen LogP contribution in [-0.2, 0) is 22.7 Å². The predicted molar refractivity (Wildman–Crippen MR) is 96.0 cm³/mol. The van der Waals surface area contributed by atoms with Gasteiger partial charge in [-0.15, -0.1) is 0 Å². The number of rotatable bonds is 7. The van der Waals surface area contributed by atoms with Gasteiger partial charge in [-0.25, -0.2) is 0 Å². The van der Waals surface area contributed by atoms with E-state index in [2.05, 4.69) is 20.4 Å². The van der Waals surface area contributed by atoms with Gasteiger partial charge in [-0.1, -0.05) is 24.3 Å². The summed E-state index contributed by atoms with van der Waals surface area (Å²) in [5.41, 5.74) is 3.40. The number of likely N-dealkylation sites (tertiary alicyclic amines) is 1. The quantitative estimate of drug-likeness (QED) is 0.808. The summed E-state index contributed by atoms with van der Waals surface area (Å²) in [6.45, 7) is 3.50. The van der Waals surface area contributed by atoms with Crippen LogP contribution in [0.1, 0.15) is 35.6 Å². The number of carbonyl (C=O) groups excluding carboxylic acids is 1. The van der Waals surface area contributed by atoms with Crippen LogP contribution in [0.5, 0.6) is 0 Å². The van der Waals surface area contributed by atoms with Gasteiger partial charge < -0.3 is 10.1 Å². The van der Waals surface area contributed by atoms with Crippen molar-refractivity contribution in [1.29, 1.82) is 0 Å². The fourth-order valence-electron chi connectivity index (χ4n) is 3.33. The number of aromatic amines is 1. The van der Waals surface area contributed by atoms with E-state index in [9.17, 15) is 4.79 Å². The minimum Gasteiger partial charge on any atom is -0.380 e. The van der Waals surface area contributed by atoms with Crippen molar-refractivity contribution < 1.29 is 9.53 Å². The molecule has 1 aliphatic rings. The van der Waals surface area contributed by atoms with Crippen LogP contribution < -0.4 is 5.32 Å². The second-order valence-corrected chi connectivity index (χ2v) is 6.61. The molecule has 0 saturated carbocycles. The number of nitrogens with one attached hydrogen (secondary N) is 2. The number of nitrogens with zero attached hydrogens (tertiary/aromatic N) is 2. The van der Waals surface area contributed by atoms with Crippen LogP contribution in [0.2, 0.25) is 0 Å². The van der Waals surface area contributed by atoms with Gasteiger partial charge in [-0.3, -0.25) is 14.8 Å². The van der Waals surface area contributed by atoms with Gasteiger partial charge in [0.1, 0.15) is 0 Å². The third kappa shape index (κ3) is 5.14. The Morgan fingerprint density at radius 1 is 1.32 bits per heavy atom. The molecule has 0 spiro atoms. The number of H-pyrrole nitrogens is 1. The van der Waals surface area contributed by atoms with E-state index in [1.165, 1.54) is 5.69 Å². The molecule has 1 aromatic carbocycles. The average Bonchev–Trinajstić information content (AvgIpc) is 3.16. The van der Waals surface area contributed by atoms with Gasteiger partial charge in [0.2, 0.25) is 5.91 Å². The summed E-state index contributed by atoms with van der Waals surface area (Å²) in [6.07, 6.45) is 4.05. The van der Waals surface area contributed by atoms with Crippen molar-refractivity contribution in [3.05, 3.63) is 53.3 Å². The maximum absolute atomic E-state index is 12.3. The second kappa shape index (κ2) is 8.78. The van der Waals surface area contributed by atoms with E-state index in [-0.39, 0.29) is 5.91 Å². The number of aromatic nitrogens is 2. The Labute approximate surface area is 148 Å². The van der Waals surface area contributed by atoms with Gasteiger partial charge in [0, 0.05) is 38.0 Å². The van der Waals surface area contributed by atoms with Gasteiger partial charge in [-0.05, 0) is 36.6 Å². The molecule has 0 bridgehead atoms. The normalized spacial score (nSPS) is 18.2. The molecule has 1 unspecified atom stereocenters. The fourth-order valence-corrected chi connectivity index (χ4v) is 3.33. The molecule has 0 radical (unpaired) electrons. The third-order valence-corrected chi connectivity index (χ3v) is 4.66. The highest BCUT2D eigenvalue weighted by molar-refractivity contribution is 5.78. The minimum atomic E-state index is 0.0752. The lowest BCUT2D eigenvalue weighted by Gasteiger charge is -2.31. The molecule has 1 fully saturated rings. The van der Waals surface area contributed by atoms with Gasteiger partial charge in [0.25, 0.3) is 0 Å². The summed E-state index contributed by atoms with van der Waals surface area (Å²) in [4.78, 5) is 14.5. The van der Waals surface area contributed by atoms with Crippen molar-refractivity contribution >= 4 is 5.91 Å². The lowest BCUT2D eigenvalue weighted by atomic mass is 9.95. The minimum absolute atomic E-state index is 0.0752. The first-order valence-corrected chi connectivity index (χ1v) is 8.79. The van der Waals surface area contributed by atoms with Crippen molar-refractivity contribution in [1.82, 2.24) is 20.4 Å². The van der Waals surface area contributed by atoms with Crippen LogP contribution in [0.15, 0.2) is 36.5 Å². The van der Waals surface area contributed by atoms with Crippen LogP contribution in [0.4, 0.5) is 0 Å². The average molecular weight is 342 g/mol. The molecule has 2 heterocycles. The highest BCUT2D eigenvalue weighted by Crippen LogP contribution is 2.24. The van der Waals surface area contributed by atoms with E-state index >= 15 is 0 Å². The van der Waals surface area contributed by atoms with Crippen LogP contribution in [0.3, 0.4) is 0 Å². The van der Waals surface area contributed by atoms with E-state index < -0.39 is 0 Å². The maximum Gasteiger partial charge on any atom is 0.234 e. The number of amides is 1. The molecule has 1 atom stereocenters. The van der Waals surface area contributed by atoms with Crippen molar-refractivity contribution in [2.75, 3.05) is 26.7 Å². The first-order valence-electron chi connectivity index (χ1n) is 8.79. The van der Waals surface area contributed by atoms with E-state index in [1.54, 1.807) is 13.3 Å². The Hall–Kier alpha value is -2.18. The predicted octanol–water partition coefficient (Wildman–Crippen LogP) is 2.05. The van der Waals surface area contributed by atoms with Gasteiger partial charge >= 0.3 is 0 Å². The summed E-state index contributed by atoms with van der Waals surface area (Å²) >= 11 is 0. The Morgan fingerprint density at radius 3 is 2.84 bits per heavy atom. The molecule has 1 aromatic heterocycles. The van der Waals surface area contributed by atoms with E-state index in [4.69, 9.17) is 4.74 Å². The summed E-state index contributed by atoms with van der Waals surface area (Å²) in [7, 11) is 1.69. The second-order valence-electron chi connectivity index (χ2n) is 6.61. The van der Waals surface area contributed by atoms with Crippen LogP contribution in [0, 0.1) is 0 Å². The van der Waals surface area contributed by atoms with E-state index in [0.29, 0.717) is 25.6 Å². The number of hydrogen-bond donors (Lipinski definition) is 2. The number of methoxy groups -OCH3 is 1. The first-order chi connectivity index (χ1) is 12.2. The summed E-state index contributed by atoms with van der Waals surface area (Å²) < 4.78 is 5.10. The molecule has 2 aromatic rings. The molecule has 6 heteroatoms. The zero-order valence-corrected chi connectivity index (χ0v) is 14.7. The van der Waals surface area contributed by atoms with Gasteiger partial charge in [0.05, 0.1) is 13.2 Å². The molecule has 1 aliphatic heterocycles. The standard InChI is InChI=1S/C19H26N4O2/c1-25-14-16-6-4-15(5-7-16)11-20-19(24)13-23-10-2-3-17(12-23)18-8-9-21-22-18/h4-9,17H,2-3,10-14H2,1H3,(H,20,24)(H,21,22). The van der Waals surface area contributed by atoms with Crippen molar-refractivity contribution in [2.24, 2.45) is 0 Å². The number of piperidine rings is 1. The van der Waals surface area contributed by atoms with Crippen molar-refractivity contribution in [2.45, 2.75) is 31.9 Å². The molecule has 134 valence electrons. The number of hydrogen-bond acceptors (Lipinski definition) is 4. The van der Waals surface area contributed by atoms with Crippen LogP contribution in [0.25, 0.3) is 0 Å². The third-order valence-electron chi connectivity index (χ3n) is 4.66. The highest BCUT2D eigenvalue weighted by atomic mass is 16.5. The Balaban J connectivity index is 1.44. The zero-order valence-electron chi connectivity index (χ0n) is 14.7. The fraction of sp³-hybridized carbons (Fsp3) is 0.474. The SMILES string of the molecule is COCc1ccc(CNC(=O)CN2CCCC(c3ccn[nH]3)C2)cc1. The molecule has 6 nitrogen and oxygen atoms in total. The molecular formula is C19H26N4O2. The maximum atomic E-state index is 12.3. The molecule has 2 N–H and O–H groups in total. The molecule has 25 heavy (non-hydrogen) atoms. The van der Waals surface area contributed by atoms with Gasteiger partial charge in [0.15, 0.2) is 0 Å². The van der Waals surface area contributed by atoms with Crippen molar-refractivity contribution in [3.63, 3.8) is 0 Å². The number of carbonyl (C=O) groups is 1. The van der Waals surface area contributed by atoms with E-state index in [0.717, 1.165) is 37.1 Å². The zero-order chi connectivity index (χ0) is 17.5. The van der Waals surface area contributed by atoms with E-state index in [1.807, 2.05) is 30.3 Å².